The van der Waals surface area contributed by atoms with Crippen molar-refractivity contribution in [2.75, 3.05) is 0 Å². The zero-order chi connectivity index (χ0) is 20.2. The molecule has 0 amide bonds. The molecule has 0 saturated carbocycles. The van der Waals surface area contributed by atoms with Gasteiger partial charge in [0, 0.05) is 22.1 Å². The fourth-order valence-corrected chi connectivity index (χ4v) is 3.29. The molecule has 1 aromatic carbocycles. The molecule has 0 fully saturated rings. The van der Waals surface area contributed by atoms with Crippen LogP contribution in [0.2, 0.25) is 0 Å². The van der Waals surface area contributed by atoms with Crippen LogP contribution in [-0.2, 0) is 19.5 Å². The molecule has 4 aromatic rings. The molecule has 0 saturated heterocycles. The Bertz CT molecular complexity index is 1280. The van der Waals surface area contributed by atoms with Gasteiger partial charge in [-0.3, -0.25) is 0 Å². The molecule has 0 radical (unpaired) electrons. The van der Waals surface area contributed by atoms with E-state index in [1.165, 1.54) is 0 Å². The van der Waals surface area contributed by atoms with E-state index in [9.17, 15) is 0 Å². The van der Waals surface area contributed by atoms with Crippen molar-refractivity contribution in [3.63, 3.8) is 0 Å². The molecular weight excluding hydrogens is 434 g/mol. The smallest absolute Gasteiger partial charge is 0.355 e. The van der Waals surface area contributed by atoms with Gasteiger partial charge in [0.15, 0.2) is 0 Å². The van der Waals surface area contributed by atoms with E-state index in [4.69, 9.17) is 0 Å². The van der Waals surface area contributed by atoms with Crippen LogP contribution in [0.3, 0.4) is 0 Å². The first-order chi connectivity index (χ1) is 14.8. The Labute approximate surface area is 193 Å². The third-order valence-electron chi connectivity index (χ3n) is 4.65. The van der Waals surface area contributed by atoms with Crippen LogP contribution < -0.4 is 0 Å². The number of benzene rings is 1. The van der Waals surface area contributed by atoms with Crippen LogP contribution in [0.5, 0.6) is 0 Å². The summed E-state index contributed by atoms with van der Waals surface area (Å²) in [6, 6.07) is 28.9. The second-order valence-electron chi connectivity index (χ2n) is 6.98. The molecule has 2 aliphatic heterocycles. The van der Waals surface area contributed by atoms with Crippen LogP contribution in [-0.4, -0.2) is 19.9 Å². The number of nitrogens with zero attached hydrogens (tertiary/aromatic N) is 2. The van der Waals surface area contributed by atoms with Crippen LogP contribution >= 0.6 is 0 Å². The van der Waals surface area contributed by atoms with Gasteiger partial charge >= 0.3 is 19.5 Å². The van der Waals surface area contributed by atoms with Gasteiger partial charge in [0.2, 0.25) is 0 Å². The van der Waals surface area contributed by atoms with Gasteiger partial charge in [-0.15, -0.1) is 0 Å². The first-order valence-electron chi connectivity index (χ1n) is 9.76. The Morgan fingerprint density at radius 2 is 0.935 bits per heavy atom. The first kappa shape index (κ1) is 20.7. The predicted molar refractivity (Wildman–Crippen MR) is 124 cm³/mol. The Hall–Kier alpha value is -3.56. The summed E-state index contributed by atoms with van der Waals surface area (Å²) in [7, 11) is 0. The van der Waals surface area contributed by atoms with Crippen LogP contribution in [0.15, 0.2) is 78.9 Å². The van der Waals surface area contributed by atoms with Crippen LogP contribution in [0.25, 0.3) is 46.4 Å². The van der Waals surface area contributed by atoms with Gasteiger partial charge in [-0.2, -0.15) is 36.4 Å². The summed E-state index contributed by atoms with van der Waals surface area (Å²) < 4.78 is 0. The van der Waals surface area contributed by atoms with Crippen molar-refractivity contribution in [1.82, 2.24) is 19.9 Å². The second kappa shape index (κ2) is 9.50. The minimum Gasteiger partial charge on any atom is -0.355 e. The zero-order valence-electron chi connectivity index (χ0n) is 16.9. The third kappa shape index (κ3) is 5.33. The molecule has 2 aliphatic rings. The largest absolute Gasteiger partial charge is 2.00 e. The summed E-state index contributed by atoms with van der Waals surface area (Å²) in [4.78, 5) is 16.0. The molecule has 5 heterocycles. The van der Waals surface area contributed by atoms with Gasteiger partial charge in [-0.1, -0.05) is 0 Å². The number of nitrogens with one attached hydrogen (secondary N) is 2. The van der Waals surface area contributed by atoms with Crippen molar-refractivity contribution in [2.24, 2.45) is 0 Å². The van der Waals surface area contributed by atoms with Gasteiger partial charge in [-0.05, 0) is 72.8 Å². The molecule has 3 aromatic heterocycles. The van der Waals surface area contributed by atoms with E-state index in [1.54, 1.807) is 0 Å². The van der Waals surface area contributed by atoms with E-state index in [1.807, 2.05) is 72.8 Å². The fraction of sp³-hybridized carbons (Fsp3) is 0. The third-order valence-corrected chi connectivity index (χ3v) is 4.65. The molecule has 0 atom stereocenters. The number of hydrogen-bond acceptors (Lipinski definition) is 2. The average molecular weight is 453 g/mol. The molecule has 0 aliphatic carbocycles. The summed E-state index contributed by atoms with van der Waals surface area (Å²) in [5.41, 5.74) is 7.86. The Kier molecular flexibility index (Phi) is 6.35. The van der Waals surface area contributed by atoms with Gasteiger partial charge < -0.3 is 9.97 Å². The van der Waals surface area contributed by atoms with Crippen molar-refractivity contribution in [3.05, 3.63) is 108 Å². The van der Waals surface area contributed by atoms with Crippen LogP contribution in [0.4, 0.5) is 0 Å². The van der Waals surface area contributed by atoms with E-state index >= 15 is 0 Å². The summed E-state index contributed by atoms with van der Waals surface area (Å²) in [6.45, 7) is 0. The second-order valence-corrected chi connectivity index (χ2v) is 6.98. The molecule has 8 bridgehead atoms. The number of aromatic nitrogens is 4. The van der Waals surface area contributed by atoms with Crippen molar-refractivity contribution in [3.8, 4) is 0 Å². The quantitative estimate of drug-likeness (QED) is 0.215. The molecule has 144 valence electrons. The molecule has 4 nitrogen and oxygen atoms in total. The maximum atomic E-state index is 4.62. The minimum atomic E-state index is 0. The van der Waals surface area contributed by atoms with E-state index < -0.39 is 0 Å². The van der Waals surface area contributed by atoms with Crippen LogP contribution in [0.1, 0.15) is 22.8 Å². The zero-order valence-corrected chi connectivity index (χ0v) is 19.9. The van der Waals surface area contributed by atoms with Gasteiger partial charge in [0.25, 0.3) is 0 Å². The fourth-order valence-electron chi connectivity index (χ4n) is 3.29. The van der Waals surface area contributed by atoms with Gasteiger partial charge in [0.1, 0.15) is 0 Å². The van der Waals surface area contributed by atoms with Crippen molar-refractivity contribution in [2.45, 2.75) is 0 Å². The number of rotatable bonds is 0. The topological polar surface area (TPSA) is 57.4 Å². The Morgan fingerprint density at radius 1 is 0.516 bits per heavy atom. The van der Waals surface area contributed by atoms with E-state index in [2.05, 4.69) is 56.3 Å². The standard InChI is InChI=1S/C20H14N4.C6H5.Zn/c1-2-14-10-16-5-6-18(23-16)12-20-8-7-19(24-20)11-17-4-3-15(22-17)9-13(1)21-14;1-2-4-6-5-3-1;/h1-12,21-22H;1-5H;/q;-1;+2. The van der Waals surface area contributed by atoms with E-state index in [-0.39, 0.29) is 19.5 Å². The first-order valence-corrected chi connectivity index (χ1v) is 9.76. The molecular formula is C26H19N4Zn+. The SMILES string of the molecule is C1=Cc2cc3ccc(cc4ccc(cc5nc(cc1n2)C=C5)[nH]4)[nH]3.[Zn+2].[c-]1ccccc1. The molecule has 0 spiro atoms. The maximum absolute atomic E-state index is 4.62. The number of fused-ring (bicyclic) bond motifs is 8. The van der Waals surface area contributed by atoms with Crippen LogP contribution in [0, 0.1) is 6.07 Å². The summed E-state index contributed by atoms with van der Waals surface area (Å²) >= 11 is 0. The maximum Gasteiger partial charge on any atom is 2.00 e. The van der Waals surface area contributed by atoms with E-state index in [0.717, 1.165) is 44.8 Å². The van der Waals surface area contributed by atoms with Gasteiger partial charge in [0.05, 0.1) is 22.8 Å². The van der Waals surface area contributed by atoms with E-state index in [0.29, 0.717) is 0 Å². The van der Waals surface area contributed by atoms with Crippen molar-refractivity contribution < 1.29 is 19.5 Å². The molecule has 31 heavy (non-hydrogen) atoms. The number of aromatic amines is 2. The minimum absolute atomic E-state index is 0. The normalized spacial score (nSPS) is 11.4. The summed E-state index contributed by atoms with van der Waals surface area (Å²) in [6.07, 6.45) is 8.05. The number of H-pyrrole nitrogens is 2. The number of hydrogen-bond donors (Lipinski definition) is 2. The Morgan fingerprint density at radius 3 is 1.32 bits per heavy atom. The van der Waals surface area contributed by atoms with Crippen molar-refractivity contribution >= 4 is 46.4 Å². The summed E-state index contributed by atoms with van der Waals surface area (Å²) in [5.74, 6) is 0. The molecule has 0 unspecified atom stereocenters. The predicted octanol–water partition coefficient (Wildman–Crippen LogP) is 6.14. The monoisotopic (exact) mass is 451 g/mol. The molecule has 6 rings (SSSR count). The van der Waals surface area contributed by atoms with Gasteiger partial charge in [-0.25, -0.2) is 9.97 Å². The molecule has 2 N–H and O–H groups in total. The average Bonchev–Trinajstić information content (AvgIpc) is 3.56. The Balaban J connectivity index is 0.000000288. The summed E-state index contributed by atoms with van der Waals surface area (Å²) in [5, 5.41) is 0. The molecule has 5 heteroatoms. The van der Waals surface area contributed by atoms with Crippen molar-refractivity contribution in [1.29, 1.82) is 0 Å².